The highest BCUT2D eigenvalue weighted by atomic mass is 16.5. The van der Waals surface area contributed by atoms with E-state index in [9.17, 15) is 9.59 Å². The molecule has 0 spiro atoms. The van der Waals surface area contributed by atoms with Crippen LogP contribution < -0.4 is 10.9 Å². The first-order chi connectivity index (χ1) is 13.5. The summed E-state index contributed by atoms with van der Waals surface area (Å²) in [5.41, 5.74) is 2.69. The number of carbonyl (C=O) groups excluding carboxylic acids is 1. The van der Waals surface area contributed by atoms with Crippen molar-refractivity contribution in [3.8, 4) is 0 Å². The number of pyridine rings is 2. The molecule has 2 aromatic heterocycles. The molecular weight excluding hydrogens is 354 g/mol. The van der Waals surface area contributed by atoms with Crippen LogP contribution in [0.1, 0.15) is 34.5 Å². The summed E-state index contributed by atoms with van der Waals surface area (Å²) in [5.74, 6) is -0.417. The molecule has 0 saturated carbocycles. The molecule has 1 unspecified atom stereocenters. The molecular formula is C22H23N3O3. The van der Waals surface area contributed by atoms with E-state index in [1.807, 2.05) is 31.2 Å². The Labute approximate surface area is 163 Å². The van der Waals surface area contributed by atoms with Gasteiger partial charge < -0.3 is 14.6 Å². The topological polar surface area (TPSA) is 73.2 Å². The lowest BCUT2D eigenvalue weighted by atomic mass is 10.1. The molecule has 0 aliphatic carbocycles. The van der Waals surface area contributed by atoms with Crippen molar-refractivity contribution in [2.75, 3.05) is 11.9 Å². The predicted molar refractivity (Wildman–Crippen MR) is 109 cm³/mol. The second-order valence-electron chi connectivity index (χ2n) is 7.25. The molecule has 6 nitrogen and oxygen atoms in total. The van der Waals surface area contributed by atoms with E-state index in [-0.39, 0.29) is 17.2 Å². The van der Waals surface area contributed by atoms with Crippen LogP contribution in [0.15, 0.2) is 47.4 Å². The van der Waals surface area contributed by atoms with Gasteiger partial charge in [0.1, 0.15) is 5.56 Å². The molecule has 1 aromatic carbocycles. The number of aryl methyl sites for hydroxylation is 2. The molecule has 1 N–H and O–H groups in total. The number of carbonyl (C=O) groups is 1. The number of rotatable bonds is 4. The number of nitrogens with one attached hydrogen (secondary N) is 1. The fourth-order valence-electron chi connectivity index (χ4n) is 3.62. The third kappa shape index (κ3) is 3.55. The fraction of sp³-hybridized carbons (Fsp3) is 0.318. The van der Waals surface area contributed by atoms with Crippen LogP contribution in [0, 0.1) is 13.8 Å². The van der Waals surface area contributed by atoms with Gasteiger partial charge in [-0.05, 0) is 50.5 Å². The lowest BCUT2D eigenvalue weighted by molar-refractivity contribution is 0.0952. The number of fused-ring (bicyclic) bond motifs is 1. The molecule has 3 heterocycles. The van der Waals surface area contributed by atoms with Crippen LogP contribution in [-0.4, -0.2) is 28.2 Å². The largest absolute Gasteiger partial charge is 0.376 e. The van der Waals surface area contributed by atoms with Crippen molar-refractivity contribution >= 4 is 22.5 Å². The maximum absolute atomic E-state index is 13.0. The number of ether oxygens (including phenoxy) is 1. The first-order valence-electron chi connectivity index (χ1n) is 9.52. The first kappa shape index (κ1) is 18.4. The minimum atomic E-state index is -0.417. The van der Waals surface area contributed by atoms with Gasteiger partial charge in [0.25, 0.3) is 11.5 Å². The summed E-state index contributed by atoms with van der Waals surface area (Å²) in [6.07, 6.45) is 3.70. The van der Waals surface area contributed by atoms with Crippen LogP contribution in [0.2, 0.25) is 0 Å². The lowest BCUT2D eigenvalue weighted by Crippen LogP contribution is -2.32. The number of anilines is 1. The maximum atomic E-state index is 13.0. The maximum Gasteiger partial charge on any atom is 0.263 e. The summed E-state index contributed by atoms with van der Waals surface area (Å²) < 4.78 is 7.20. The lowest BCUT2D eigenvalue weighted by Gasteiger charge is -2.15. The number of para-hydroxylation sites is 1. The van der Waals surface area contributed by atoms with E-state index in [1.54, 1.807) is 29.8 Å². The van der Waals surface area contributed by atoms with Crippen LogP contribution in [-0.2, 0) is 11.3 Å². The summed E-state index contributed by atoms with van der Waals surface area (Å²) in [5, 5.41) is 3.82. The fourth-order valence-corrected chi connectivity index (χ4v) is 3.62. The number of nitrogens with zero attached hydrogens (tertiary/aromatic N) is 2. The Morgan fingerprint density at radius 1 is 1.25 bits per heavy atom. The molecule has 0 radical (unpaired) electrons. The van der Waals surface area contributed by atoms with Crippen molar-refractivity contribution in [3.63, 3.8) is 0 Å². The Hall–Kier alpha value is -2.99. The third-order valence-corrected chi connectivity index (χ3v) is 5.13. The van der Waals surface area contributed by atoms with E-state index in [4.69, 9.17) is 4.74 Å². The van der Waals surface area contributed by atoms with E-state index in [0.717, 1.165) is 30.5 Å². The second kappa shape index (κ2) is 7.56. The Kier molecular flexibility index (Phi) is 4.96. The van der Waals surface area contributed by atoms with Crippen molar-refractivity contribution < 1.29 is 9.53 Å². The molecule has 1 fully saturated rings. The average Bonchev–Trinajstić information content (AvgIpc) is 3.18. The van der Waals surface area contributed by atoms with Crippen molar-refractivity contribution in [1.29, 1.82) is 0 Å². The summed E-state index contributed by atoms with van der Waals surface area (Å²) >= 11 is 0. The summed E-state index contributed by atoms with van der Waals surface area (Å²) in [6, 6.07) is 11.3. The van der Waals surface area contributed by atoms with E-state index in [1.165, 1.54) is 0 Å². The van der Waals surface area contributed by atoms with Crippen LogP contribution in [0.5, 0.6) is 0 Å². The quantitative estimate of drug-likeness (QED) is 0.756. The van der Waals surface area contributed by atoms with E-state index < -0.39 is 5.91 Å². The molecule has 6 heteroatoms. The Bertz CT molecular complexity index is 1100. The smallest absolute Gasteiger partial charge is 0.263 e. The second-order valence-corrected chi connectivity index (χ2v) is 7.25. The zero-order chi connectivity index (χ0) is 19.7. The van der Waals surface area contributed by atoms with Gasteiger partial charge in [-0.3, -0.25) is 14.6 Å². The number of hydrogen-bond donors (Lipinski definition) is 1. The van der Waals surface area contributed by atoms with Gasteiger partial charge in [0.2, 0.25) is 0 Å². The average molecular weight is 377 g/mol. The number of amides is 1. The van der Waals surface area contributed by atoms with Crippen LogP contribution in [0.25, 0.3) is 10.9 Å². The van der Waals surface area contributed by atoms with Crippen LogP contribution in [0.3, 0.4) is 0 Å². The van der Waals surface area contributed by atoms with Crippen molar-refractivity contribution in [2.45, 2.75) is 39.3 Å². The molecule has 1 saturated heterocycles. The van der Waals surface area contributed by atoms with Crippen molar-refractivity contribution in [3.05, 3.63) is 69.8 Å². The summed E-state index contributed by atoms with van der Waals surface area (Å²) in [4.78, 5) is 30.5. The minimum absolute atomic E-state index is 0.0292. The molecule has 1 atom stereocenters. The SMILES string of the molecule is Cc1ccc2cccc(NC(=O)c3c(C)ccn(CC4CCCO4)c3=O)c2n1. The molecule has 0 bridgehead atoms. The van der Waals surface area contributed by atoms with E-state index in [2.05, 4.69) is 10.3 Å². The van der Waals surface area contributed by atoms with E-state index in [0.29, 0.717) is 23.3 Å². The van der Waals surface area contributed by atoms with Gasteiger partial charge >= 0.3 is 0 Å². The third-order valence-electron chi connectivity index (χ3n) is 5.13. The molecule has 1 aliphatic heterocycles. The van der Waals surface area contributed by atoms with Gasteiger partial charge in [-0.15, -0.1) is 0 Å². The normalized spacial score (nSPS) is 16.4. The Morgan fingerprint density at radius 2 is 2.11 bits per heavy atom. The highest BCUT2D eigenvalue weighted by Crippen LogP contribution is 2.22. The molecule has 144 valence electrons. The van der Waals surface area contributed by atoms with E-state index >= 15 is 0 Å². The Morgan fingerprint density at radius 3 is 2.89 bits per heavy atom. The zero-order valence-corrected chi connectivity index (χ0v) is 16.1. The van der Waals surface area contributed by atoms with Crippen LogP contribution in [0.4, 0.5) is 5.69 Å². The minimum Gasteiger partial charge on any atom is -0.376 e. The number of hydrogen-bond acceptors (Lipinski definition) is 4. The van der Waals surface area contributed by atoms with Gasteiger partial charge in [0, 0.05) is 23.9 Å². The number of benzene rings is 1. The van der Waals surface area contributed by atoms with Gasteiger partial charge in [-0.25, -0.2) is 0 Å². The van der Waals surface area contributed by atoms with Gasteiger partial charge in [0.15, 0.2) is 0 Å². The van der Waals surface area contributed by atoms with Crippen molar-refractivity contribution in [2.24, 2.45) is 0 Å². The molecule has 4 rings (SSSR count). The highest BCUT2D eigenvalue weighted by Gasteiger charge is 2.21. The molecule has 1 amide bonds. The van der Waals surface area contributed by atoms with Crippen molar-refractivity contribution in [1.82, 2.24) is 9.55 Å². The standard InChI is InChI=1S/C22H23N3O3/c1-14-10-11-25(13-17-6-4-12-28-17)22(27)19(14)21(26)24-18-7-3-5-16-9-8-15(2)23-20(16)18/h3,5,7-11,17H,4,6,12-13H2,1-2H3,(H,24,26). The monoisotopic (exact) mass is 377 g/mol. The molecule has 28 heavy (non-hydrogen) atoms. The number of aromatic nitrogens is 2. The molecule has 1 aliphatic rings. The zero-order valence-electron chi connectivity index (χ0n) is 16.1. The highest BCUT2D eigenvalue weighted by molar-refractivity contribution is 6.08. The van der Waals surface area contributed by atoms with Crippen LogP contribution >= 0.6 is 0 Å². The summed E-state index contributed by atoms with van der Waals surface area (Å²) in [7, 11) is 0. The van der Waals surface area contributed by atoms with Gasteiger partial charge in [-0.2, -0.15) is 0 Å². The molecule has 3 aromatic rings. The van der Waals surface area contributed by atoms with Gasteiger partial charge in [-0.1, -0.05) is 18.2 Å². The predicted octanol–water partition coefficient (Wildman–Crippen LogP) is 3.44. The van der Waals surface area contributed by atoms with Gasteiger partial charge in [0.05, 0.1) is 23.9 Å². The summed E-state index contributed by atoms with van der Waals surface area (Å²) in [6.45, 7) is 4.88. The first-order valence-corrected chi connectivity index (χ1v) is 9.52. The Balaban J connectivity index is 1.67.